The van der Waals surface area contributed by atoms with Gasteiger partial charge in [-0.3, -0.25) is 4.79 Å². The standard InChI is InChI=1S/C23H28FNO5/c1-4-5-12-30-21(23(27)29-3)14-17-8-11-20(28-2)19(13-17)22(26)25-15-16-6-9-18(24)10-7-16/h6-11,13,21H,4-5,12,14-15H2,1-3H3,(H,25,26). The number of methoxy groups -OCH3 is 2. The molecule has 0 radical (unpaired) electrons. The zero-order chi connectivity index (χ0) is 21.9. The second kappa shape index (κ2) is 11.9. The largest absolute Gasteiger partial charge is 0.496 e. The minimum Gasteiger partial charge on any atom is -0.496 e. The number of halogens is 1. The smallest absolute Gasteiger partial charge is 0.335 e. The number of unbranched alkanes of at least 4 members (excludes halogenated alkanes) is 1. The first-order valence-corrected chi connectivity index (χ1v) is 9.87. The second-order valence-corrected chi connectivity index (χ2v) is 6.78. The van der Waals surface area contributed by atoms with E-state index in [0.29, 0.717) is 17.9 Å². The maximum atomic E-state index is 13.0. The number of carbonyl (C=O) groups is 2. The van der Waals surface area contributed by atoms with Gasteiger partial charge in [-0.25, -0.2) is 9.18 Å². The Balaban J connectivity index is 2.12. The molecule has 1 unspecified atom stereocenters. The molecule has 0 bridgehead atoms. The normalized spacial score (nSPS) is 11.6. The lowest BCUT2D eigenvalue weighted by Gasteiger charge is -2.17. The van der Waals surface area contributed by atoms with Crippen LogP contribution in [0.3, 0.4) is 0 Å². The predicted octanol–water partition coefficient (Wildman–Crippen LogP) is 3.67. The monoisotopic (exact) mass is 417 g/mol. The Kier molecular flexibility index (Phi) is 9.28. The lowest BCUT2D eigenvalue weighted by molar-refractivity contribution is -0.154. The first-order chi connectivity index (χ1) is 14.5. The van der Waals surface area contributed by atoms with E-state index in [1.165, 1.54) is 26.4 Å². The molecule has 1 atom stereocenters. The number of esters is 1. The molecule has 0 saturated carbocycles. The highest BCUT2D eigenvalue weighted by Crippen LogP contribution is 2.22. The van der Waals surface area contributed by atoms with Crippen LogP contribution in [0.1, 0.15) is 41.3 Å². The van der Waals surface area contributed by atoms with Gasteiger partial charge in [-0.15, -0.1) is 0 Å². The van der Waals surface area contributed by atoms with Crippen molar-refractivity contribution in [3.8, 4) is 5.75 Å². The van der Waals surface area contributed by atoms with Gasteiger partial charge >= 0.3 is 5.97 Å². The highest BCUT2D eigenvalue weighted by molar-refractivity contribution is 5.97. The van der Waals surface area contributed by atoms with E-state index in [9.17, 15) is 14.0 Å². The molecule has 30 heavy (non-hydrogen) atoms. The lowest BCUT2D eigenvalue weighted by atomic mass is 10.0. The molecule has 7 heteroatoms. The summed E-state index contributed by atoms with van der Waals surface area (Å²) in [6.07, 6.45) is 1.32. The van der Waals surface area contributed by atoms with Crippen LogP contribution in [-0.2, 0) is 27.2 Å². The minimum atomic E-state index is -0.745. The maximum Gasteiger partial charge on any atom is 0.335 e. The summed E-state index contributed by atoms with van der Waals surface area (Å²) in [4.78, 5) is 24.8. The van der Waals surface area contributed by atoms with Crippen molar-refractivity contribution in [1.29, 1.82) is 0 Å². The van der Waals surface area contributed by atoms with Crippen LogP contribution in [0.15, 0.2) is 42.5 Å². The Morgan fingerprint density at radius 2 is 1.77 bits per heavy atom. The van der Waals surface area contributed by atoms with Crippen molar-refractivity contribution < 1.29 is 28.2 Å². The summed E-state index contributed by atoms with van der Waals surface area (Å²) in [5, 5.41) is 2.80. The fourth-order valence-corrected chi connectivity index (χ4v) is 2.87. The van der Waals surface area contributed by atoms with Crippen molar-refractivity contribution >= 4 is 11.9 Å². The number of nitrogens with one attached hydrogen (secondary N) is 1. The van der Waals surface area contributed by atoms with Crippen LogP contribution in [-0.4, -0.2) is 38.8 Å². The van der Waals surface area contributed by atoms with Crippen molar-refractivity contribution in [2.45, 2.75) is 38.8 Å². The number of amides is 1. The van der Waals surface area contributed by atoms with Crippen molar-refractivity contribution in [3.05, 3.63) is 65.0 Å². The van der Waals surface area contributed by atoms with Crippen LogP contribution in [0.2, 0.25) is 0 Å². The van der Waals surface area contributed by atoms with Gasteiger partial charge in [0.25, 0.3) is 5.91 Å². The first-order valence-electron chi connectivity index (χ1n) is 9.87. The van der Waals surface area contributed by atoms with Crippen LogP contribution in [0, 0.1) is 5.82 Å². The van der Waals surface area contributed by atoms with Crippen molar-refractivity contribution in [2.24, 2.45) is 0 Å². The number of benzene rings is 2. The highest BCUT2D eigenvalue weighted by Gasteiger charge is 2.22. The molecule has 0 saturated heterocycles. The summed E-state index contributed by atoms with van der Waals surface area (Å²) in [6, 6.07) is 11.0. The van der Waals surface area contributed by atoms with E-state index >= 15 is 0 Å². The summed E-state index contributed by atoms with van der Waals surface area (Å²) >= 11 is 0. The summed E-state index contributed by atoms with van der Waals surface area (Å²) in [5.41, 5.74) is 1.86. The van der Waals surface area contributed by atoms with Crippen LogP contribution >= 0.6 is 0 Å². The molecule has 0 heterocycles. The fraction of sp³-hybridized carbons (Fsp3) is 0.391. The Bertz CT molecular complexity index is 838. The van der Waals surface area contributed by atoms with Crippen molar-refractivity contribution in [3.63, 3.8) is 0 Å². The third-order valence-corrected chi connectivity index (χ3v) is 4.58. The van der Waals surface area contributed by atoms with Gasteiger partial charge in [0.2, 0.25) is 0 Å². The zero-order valence-electron chi connectivity index (χ0n) is 17.6. The maximum absolute atomic E-state index is 13.0. The van der Waals surface area contributed by atoms with E-state index in [0.717, 1.165) is 24.0 Å². The number of hydrogen-bond donors (Lipinski definition) is 1. The lowest BCUT2D eigenvalue weighted by Crippen LogP contribution is -2.29. The van der Waals surface area contributed by atoms with E-state index in [1.54, 1.807) is 30.3 Å². The molecule has 2 aromatic rings. The van der Waals surface area contributed by atoms with E-state index in [-0.39, 0.29) is 24.7 Å². The summed E-state index contributed by atoms with van der Waals surface area (Å²) in [7, 11) is 2.80. The molecule has 0 aliphatic rings. The van der Waals surface area contributed by atoms with Crippen LogP contribution < -0.4 is 10.1 Å². The number of ether oxygens (including phenoxy) is 3. The molecule has 1 N–H and O–H groups in total. The average Bonchev–Trinajstić information content (AvgIpc) is 2.77. The topological polar surface area (TPSA) is 73.9 Å². The van der Waals surface area contributed by atoms with Crippen LogP contribution in [0.5, 0.6) is 5.75 Å². The number of carbonyl (C=O) groups excluding carboxylic acids is 2. The molecule has 0 aromatic heterocycles. The number of rotatable bonds is 11. The quantitative estimate of drug-likeness (QED) is 0.446. The fourth-order valence-electron chi connectivity index (χ4n) is 2.87. The third kappa shape index (κ3) is 6.84. The Morgan fingerprint density at radius 3 is 2.40 bits per heavy atom. The van der Waals surface area contributed by atoms with Gasteiger partial charge < -0.3 is 19.5 Å². The van der Waals surface area contributed by atoms with Gasteiger partial charge in [0.05, 0.1) is 19.8 Å². The van der Waals surface area contributed by atoms with Crippen molar-refractivity contribution in [1.82, 2.24) is 5.32 Å². The SMILES string of the molecule is CCCCOC(Cc1ccc(OC)c(C(=O)NCc2ccc(F)cc2)c1)C(=O)OC. The molecule has 6 nitrogen and oxygen atoms in total. The van der Waals surface area contributed by atoms with Gasteiger partial charge in [0, 0.05) is 19.6 Å². The molecule has 162 valence electrons. The van der Waals surface area contributed by atoms with E-state index < -0.39 is 12.1 Å². The summed E-state index contributed by atoms with van der Waals surface area (Å²) in [6.45, 7) is 2.74. The molecule has 0 aliphatic carbocycles. The number of hydrogen-bond acceptors (Lipinski definition) is 5. The first kappa shape index (κ1) is 23.3. The molecule has 0 fully saturated rings. The van der Waals surface area contributed by atoms with E-state index in [2.05, 4.69) is 5.32 Å². The van der Waals surface area contributed by atoms with E-state index in [1.807, 2.05) is 6.92 Å². The molecule has 2 aromatic carbocycles. The average molecular weight is 417 g/mol. The van der Waals surface area contributed by atoms with Gasteiger partial charge in [-0.2, -0.15) is 0 Å². The molecular weight excluding hydrogens is 389 g/mol. The van der Waals surface area contributed by atoms with Crippen LogP contribution in [0.4, 0.5) is 4.39 Å². The van der Waals surface area contributed by atoms with E-state index in [4.69, 9.17) is 14.2 Å². The van der Waals surface area contributed by atoms with Gasteiger partial charge in [-0.1, -0.05) is 31.5 Å². The van der Waals surface area contributed by atoms with Crippen LogP contribution in [0.25, 0.3) is 0 Å². The molecular formula is C23H28FNO5. The molecule has 2 rings (SSSR count). The van der Waals surface area contributed by atoms with Gasteiger partial charge in [0.1, 0.15) is 11.6 Å². The van der Waals surface area contributed by atoms with Gasteiger partial charge in [0.15, 0.2) is 6.10 Å². The minimum absolute atomic E-state index is 0.247. The Morgan fingerprint density at radius 1 is 1.07 bits per heavy atom. The molecule has 0 spiro atoms. The van der Waals surface area contributed by atoms with Gasteiger partial charge in [-0.05, 0) is 41.8 Å². The second-order valence-electron chi connectivity index (χ2n) is 6.78. The Labute approximate surface area is 176 Å². The predicted molar refractivity (Wildman–Crippen MR) is 111 cm³/mol. The summed E-state index contributed by atoms with van der Waals surface area (Å²) in [5.74, 6) is -0.707. The zero-order valence-corrected chi connectivity index (χ0v) is 17.6. The Hall–Kier alpha value is -2.93. The molecule has 1 amide bonds. The van der Waals surface area contributed by atoms with Crippen molar-refractivity contribution in [2.75, 3.05) is 20.8 Å². The summed E-state index contributed by atoms with van der Waals surface area (Å²) < 4.78 is 28.9. The third-order valence-electron chi connectivity index (χ3n) is 4.58. The molecule has 0 aliphatic heterocycles. The highest BCUT2D eigenvalue weighted by atomic mass is 19.1.